The van der Waals surface area contributed by atoms with Crippen molar-refractivity contribution in [3.63, 3.8) is 0 Å². The number of amides is 1. The molecule has 0 saturated carbocycles. The molecule has 8 nitrogen and oxygen atoms in total. The maximum Gasteiger partial charge on any atom is 0.270 e. The van der Waals surface area contributed by atoms with E-state index in [0.717, 1.165) is 50.0 Å². The quantitative estimate of drug-likeness (QED) is 0.632. The van der Waals surface area contributed by atoms with Crippen LogP contribution in [0.15, 0.2) is 53.3 Å². The van der Waals surface area contributed by atoms with Gasteiger partial charge in [0, 0.05) is 38.8 Å². The average molecular weight is 421 g/mol. The summed E-state index contributed by atoms with van der Waals surface area (Å²) in [5.74, 6) is 2.59. The molecule has 1 atom stereocenters. The van der Waals surface area contributed by atoms with E-state index >= 15 is 0 Å². The van der Waals surface area contributed by atoms with Gasteiger partial charge in [-0.25, -0.2) is 0 Å². The minimum absolute atomic E-state index is 0.163. The molecule has 0 bridgehead atoms. The Bertz CT molecular complexity index is 1010. The SMILES string of the molecule is CC(C)C(NC(=O)c1ccccn1)c1nnc2n1CCN(C/C=C/c1ccco1)CC2. The van der Waals surface area contributed by atoms with Gasteiger partial charge in [0.2, 0.25) is 0 Å². The zero-order valence-corrected chi connectivity index (χ0v) is 17.9. The third-order valence-corrected chi connectivity index (χ3v) is 5.47. The van der Waals surface area contributed by atoms with Gasteiger partial charge < -0.3 is 14.3 Å². The molecule has 3 aromatic rings. The van der Waals surface area contributed by atoms with Crippen LogP contribution in [0.1, 0.15) is 47.8 Å². The van der Waals surface area contributed by atoms with E-state index in [2.05, 4.69) is 49.9 Å². The van der Waals surface area contributed by atoms with Crippen molar-refractivity contribution >= 4 is 12.0 Å². The largest absolute Gasteiger partial charge is 0.465 e. The van der Waals surface area contributed by atoms with E-state index in [9.17, 15) is 4.79 Å². The van der Waals surface area contributed by atoms with Gasteiger partial charge in [-0.1, -0.05) is 26.0 Å². The van der Waals surface area contributed by atoms with E-state index in [1.807, 2.05) is 24.3 Å². The summed E-state index contributed by atoms with van der Waals surface area (Å²) in [6.07, 6.45) is 8.24. The molecule has 4 rings (SSSR count). The number of aromatic nitrogens is 4. The summed E-state index contributed by atoms with van der Waals surface area (Å²) in [7, 11) is 0. The van der Waals surface area contributed by atoms with Crippen LogP contribution in [-0.4, -0.2) is 50.2 Å². The molecule has 0 radical (unpaired) electrons. The molecule has 31 heavy (non-hydrogen) atoms. The van der Waals surface area contributed by atoms with Crippen molar-refractivity contribution < 1.29 is 9.21 Å². The lowest BCUT2D eigenvalue weighted by Crippen LogP contribution is -2.35. The Morgan fingerprint density at radius 3 is 2.84 bits per heavy atom. The first-order chi connectivity index (χ1) is 15.1. The monoisotopic (exact) mass is 420 g/mol. The number of fused-ring (bicyclic) bond motifs is 1. The average Bonchev–Trinajstić information content (AvgIpc) is 3.39. The number of carbonyl (C=O) groups is 1. The van der Waals surface area contributed by atoms with Crippen LogP contribution in [0.25, 0.3) is 6.08 Å². The highest BCUT2D eigenvalue weighted by Crippen LogP contribution is 2.23. The summed E-state index contributed by atoms with van der Waals surface area (Å²) >= 11 is 0. The van der Waals surface area contributed by atoms with Crippen molar-refractivity contribution in [1.82, 2.24) is 30.0 Å². The molecule has 8 heteroatoms. The van der Waals surface area contributed by atoms with Crippen molar-refractivity contribution in [3.8, 4) is 0 Å². The molecule has 0 saturated heterocycles. The summed E-state index contributed by atoms with van der Waals surface area (Å²) in [4.78, 5) is 19.2. The first-order valence-electron chi connectivity index (χ1n) is 10.7. The first kappa shape index (κ1) is 21.0. The van der Waals surface area contributed by atoms with Crippen LogP contribution >= 0.6 is 0 Å². The van der Waals surface area contributed by atoms with Gasteiger partial charge in [0.1, 0.15) is 17.3 Å². The van der Waals surface area contributed by atoms with Crippen LogP contribution in [-0.2, 0) is 13.0 Å². The van der Waals surface area contributed by atoms with E-state index in [4.69, 9.17) is 4.42 Å². The lowest BCUT2D eigenvalue weighted by Gasteiger charge is -2.23. The van der Waals surface area contributed by atoms with Crippen LogP contribution in [0.5, 0.6) is 0 Å². The number of nitrogens with one attached hydrogen (secondary N) is 1. The lowest BCUT2D eigenvalue weighted by molar-refractivity contribution is 0.0916. The Hall–Kier alpha value is -3.26. The van der Waals surface area contributed by atoms with Crippen molar-refractivity contribution in [2.24, 2.45) is 5.92 Å². The number of furan rings is 1. The van der Waals surface area contributed by atoms with E-state index in [1.54, 1.807) is 24.6 Å². The number of hydrogen-bond acceptors (Lipinski definition) is 6. The van der Waals surface area contributed by atoms with Crippen LogP contribution in [0.4, 0.5) is 0 Å². The number of pyridine rings is 1. The predicted molar refractivity (Wildman–Crippen MR) is 117 cm³/mol. The van der Waals surface area contributed by atoms with Gasteiger partial charge in [-0.2, -0.15) is 0 Å². The van der Waals surface area contributed by atoms with Gasteiger partial charge in [0.15, 0.2) is 5.82 Å². The minimum atomic E-state index is -0.235. The molecule has 0 aromatic carbocycles. The molecule has 3 aromatic heterocycles. The third-order valence-electron chi connectivity index (χ3n) is 5.47. The standard InChI is InChI=1S/C23H28N6O2/c1-17(2)21(25-23(30)19-9-3-4-11-24-19)22-27-26-20-10-13-28(14-15-29(20)22)12-5-7-18-8-6-16-31-18/h3-9,11,16-17,21H,10,12-15H2,1-2H3,(H,25,30)/b7-5+. The Kier molecular flexibility index (Phi) is 6.57. The zero-order chi connectivity index (χ0) is 21.6. The highest BCUT2D eigenvalue weighted by molar-refractivity contribution is 5.92. The second-order valence-corrected chi connectivity index (χ2v) is 8.00. The molecule has 0 fully saturated rings. The number of carbonyl (C=O) groups excluding carboxylic acids is 1. The number of nitrogens with zero attached hydrogens (tertiary/aromatic N) is 5. The molecule has 1 unspecified atom stereocenters. The van der Waals surface area contributed by atoms with E-state index in [-0.39, 0.29) is 17.9 Å². The molecular weight excluding hydrogens is 392 g/mol. The van der Waals surface area contributed by atoms with Crippen LogP contribution < -0.4 is 5.32 Å². The van der Waals surface area contributed by atoms with Gasteiger partial charge in [-0.15, -0.1) is 10.2 Å². The van der Waals surface area contributed by atoms with Crippen molar-refractivity contribution in [2.75, 3.05) is 19.6 Å². The summed E-state index contributed by atoms with van der Waals surface area (Å²) in [5.41, 5.74) is 0.401. The van der Waals surface area contributed by atoms with E-state index < -0.39 is 0 Å². The second-order valence-electron chi connectivity index (χ2n) is 8.00. The number of hydrogen-bond donors (Lipinski definition) is 1. The molecule has 1 amide bonds. The van der Waals surface area contributed by atoms with E-state index in [1.165, 1.54) is 0 Å². The van der Waals surface area contributed by atoms with Gasteiger partial charge in [0.05, 0.1) is 12.3 Å². The van der Waals surface area contributed by atoms with Gasteiger partial charge in [0.25, 0.3) is 5.91 Å². The fraction of sp³-hybridized carbons (Fsp3) is 0.391. The topological polar surface area (TPSA) is 89.1 Å². The maximum absolute atomic E-state index is 12.7. The summed E-state index contributed by atoms with van der Waals surface area (Å²) in [6.45, 7) is 7.58. The molecule has 162 valence electrons. The molecule has 1 N–H and O–H groups in total. The molecule has 0 spiro atoms. The highest BCUT2D eigenvalue weighted by atomic mass is 16.3. The van der Waals surface area contributed by atoms with Gasteiger partial charge in [-0.05, 0) is 36.3 Å². The Morgan fingerprint density at radius 1 is 1.19 bits per heavy atom. The summed E-state index contributed by atoms with van der Waals surface area (Å²) in [6, 6.07) is 8.91. The Morgan fingerprint density at radius 2 is 2.10 bits per heavy atom. The van der Waals surface area contributed by atoms with Crippen LogP contribution in [0.2, 0.25) is 0 Å². The second kappa shape index (κ2) is 9.70. The molecule has 1 aliphatic heterocycles. The maximum atomic E-state index is 12.7. The third kappa shape index (κ3) is 5.08. The Balaban J connectivity index is 1.44. The molecule has 1 aliphatic rings. The van der Waals surface area contributed by atoms with E-state index in [0.29, 0.717) is 5.69 Å². The van der Waals surface area contributed by atoms with Crippen LogP contribution in [0.3, 0.4) is 0 Å². The van der Waals surface area contributed by atoms with Crippen molar-refractivity contribution in [3.05, 3.63) is 72.0 Å². The fourth-order valence-electron chi connectivity index (χ4n) is 3.75. The zero-order valence-electron chi connectivity index (χ0n) is 17.9. The highest BCUT2D eigenvalue weighted by Gasteiger charge is 2.27. The minimum Gasteiger partial charge on any atom is -0.465 e. The van der Waals surface area contributed by atoms with Crippen molar-refractivity contribution in [1.29, 1.82) is 0 Å². The first-order valence-corrected chi connectivity index (χ1v) is 10.7. The molecule has 0 aliphatic carbocycles. The normalized spacial score (nSPS) is 15.7. The molecule has 4 heterocycles. The number of rotatable bonds is 7. The van der Waals surface area contributed by atoms with Crippen molar-refractivity contribution in [2.45, 2.75) is 32.9 Å². The lowest BCUT2D eigenvalue weighted by atomic mass is 10.0. The molecular formula is C23H28N6O2. The summed E-state index contributed by atoms with van der Waals surface area (Å²) < 4.78 is 7.51. The smallest absolute Gasteiger partial charge is 0.270 e. The predicted octanol–water partition coefficient (Wildman–Crippen LogP) is 2.96. The summed E-state index contributed by atoms with van der Waals surface area (Å²) in [5, 5.41) is 12.0. The Labute approximate surface area is 182 Å². The van der Waals surface area contributed by atoms with Crippen LogP contribution in [0, 0.1) is 5.92 Å². The van der Waals surface area contributed by atoms with Gasteiger partial charge in [-0.3, -0.25) is 14.7 Å². The fourth-order valence-corrected chi connectivity index (χ4v) is 3.75. The van der Waals surface area contributed by atoms with Gasteiger partial charge >= 0.3 is 0 Å².